The van der Waals surface area contributed by atoms with E-state index in [0.29, 0.717) is 5.92 Å². The second-order valence-corrected chi connectivity index (χ2v) is 8.29. The van der Waals surface area contributed by atoms with Crippen molar-refractivity contribution in [3.8, 4) is 0 Å². The average Bonchev–Trinajstić information content (AvgIpc) is 2.93. The molecule has 0 radical (unpaired) electrons. The van der Waals surface area contributed by atoms with Crippen LogP contribution in [0.4, 0.5) is 0 Å². The van der Waals surface area contributed by atoms with Gasteiger partial charge in [-0.1, -0.05) is 44.4 Å². The van der Waals surface area contributed by atoms with Crippen molar-refractivity contribution in [3.05, 3.63) is 24.3 Å². The van der Waals surface area contributed by atoms with Crippen LogP contribution in [0, 0.1) is 11.8 Å². The van der Waals surface area contributed by atoms with Crippen molar-refractivity contribution in [2.24, 2.45) is 16.8 Å². The lowest BCUT2D eigenvalue weighted by molar-refractivity contribution is -0.126. The first-order valence-electron chi connectivity index (χ1n) is 9.02. The maximum atomic E-state index is 12.8. The first kappa shape index (κ1) is 19.6. The maximum Gasteiger partial charge on any atom is 0.224 e. The van der Waals surface area contributed by atoms with Gasteiger partial charge in [-0.25, -0.2) is 0 Å². The Balaban J connectivity index is 0.00000208. The number of nitrogens with zero attached hydrogens (tertiary/aromatic N) is 1. The van der Waals surface area contributed by atoms with Crippen LogP contribution in [0.2, 0.25) is 0 Å². The van der Waals surface area contributed by atoms with Gasteiger partial charge in [-0.2, -0.15) is 0 Å². The van der Waals surface area contributed by atoms with E-state index >= 15 is 0 Å². The Morgan fingerprint density at radius 3 is 3.08 bits per heavy atom. The third-order valence-electron chi connectivity index (χ3n) is 5.34. The molecule has 3 aliphatic rings. The molecule has 3 nitrogen and oxygen atoms in total. The zero-order valence-electron chi connectivity index (χ0n) is 14.7. The largest absolute Gasteiger partial charge is 0.353 e. The van der Waals surface area contributed by atoms with Gasteiger partial charge in [0.1, 0.15) is 0 Å². The van der Waals surface area contributed by atoms with Crippen LogP contribution in [0.5, 0.6) is 0 Å². The number of carbonyl (C=O) groups excluding carboxylic acids is 1. The number of halogens is 1. The van der Waals surface area contributed by atoms with Crippen LogP contribution in [0.15, 0.2) is 29.3 Å². The quantitative estimate of drug-likeness (QED) is 0.714. The third kappa shape index (κ3) is 3.75. The molecule has 4 atom stereocenters. The molecule has 1 aliphatic carbocycles. The normalized spacial score (nSPS) is 31.5. The summed E-state index contributed by atoms with van der Waals surface area (Å²) in [4.78, 5) is 17.5. The molecule has 1 N–H and O–H groups in total. The number of hydrogen-bond acceptors (Lipinski definition) is 3. The molecule has 2 aliphatic heterocycles. The monoisotopic (exact) mass is 368 g/mol. The number of rotatable bonds is 6. The standard InChI is InChI=1S/C19H28N2OS.ClH/c1-3-4-5-8-14(2)21-18(22)15-13-23-19-11-7-6-9-17(19)20-12-10-16(15)19;/h6-7,9,11,14-16H,3-5,8,10,12-13H2,1-2H3,(H,21,22);1H. The summed E-state index contributed by atoms with van der Waals surface area (Å²) >= 11 is 1.91. The molecule has 1 saturated heterocycles. The molecule has 2 heterocycles. The van der Waals surface area contributed by atoms with Crippen molar-refractivity contribution in [2.45, 2.75) is 56.7 Å². The predicted octanol–water partition coefficient (Wildman–Crippen LogP) is 4.18. The average molecular weight is 369 g/mol. The Bertz CT molecular complexity index is 545. The fourth-order valence-corrected chi connectivity index (χ4v) is 5.83. The summed E-state index contributed by atoms with van der Waals surface area (Å²) in [5, 5.41) is 3.27. The van der Waals surface area contributed by atoms with E-state index in [1.807, 2.05) is 11.8 Å². The smallest absolute Gasteiger partial charge is 0.224 e. The summed E-state index contributed by atoms with van der Waals surface area (Å²) in [5.74, 6) is 1.68. The van der Waals surface area contributed by atoms with Crippen LogP contribution >= 0.6 is 24.2 Å². The molecule has 1 amide bonds. The van der Waals surface area contributed by atoms with Crippen LogP contribution in [-0.2, 0) is 4.79 Å². The fourth-order valence-electron chi connectivity index (χ4n) is 4.04. The van der Waals surface area contributed by atoms with Gasteiger partial charge in [-0.05, 0) is 31.8 Å². The summed E-state index contributed by atoms with van der Waals surface area (Å²) in [7, 11) is 0. The zero-order chi connectivity index (χ0) is 16.3. The minimum absolute atomic E-state index is 0. The van der Waals surface area contributed by atoms with E-state index in [0.717, 1.165) is 25.1 Å². The molecule has 3 rings (SSSR count). The van der Waals surface area contributed by atoms with Crippen molar-refractivity contribution in [3.63, 3.8) is 0 Å². The van der Waals surface area contributed by atoms with E-state index in [-0.39, 0.29) is 35.0 Å². The summed E-state index contributed by atoms with van der Waals surface area (Å²) in [6.07, 6.45) is 14.4. The van der Waals surface area contributed by atoms with Crippen LogP contribution in [-0.4, -0.2) is 34.7 Å². The summed E-state index contributed by atoms with van der Waals surface area (Å²) < 4.78 is -0.0412. The predicted molar refractivity (Wildman–Crippen MR) is 106 cm³/mol. The van der Waals surface area contributed by atoms with Gasteiger partial charge in [0.25, 0.3) is 0 Å². The van der Waals surface area contributed by atoms with E-state index in [9.17, 15) is 4.79 Å². The highest BCUT2D eigenvalue weighted by Crippen LogP contribution is 2.52. The molecule has 0 aromatic carbocycles. The Kier molecular flexibility index (Phi) is 6.99. The van der Waals surface area contributed by atoms with Crippen molar-refractivity contribution in [1.82, 2.24) is 5.32 Å². The van der Waals surface area contributed by atoms with E-state index in [1.165, 1.54) is 25.0 Å². The highest BCUT2D eigenvalue weighted by molar-refractivity contribution is 8.02. The number of aliphatic imine (C=N–C) groups is 1. The molecule has 5 heteroatoms. The van der Waals surface area contributed by atoms with Gasteiger partial charge in [0.05, 0.1) is 16.4 Å². The van der Waals surface area contributed by atoms with Gasteiger partial charge in [0.15, 0.2) is 0 Å². The third-order valence-corrected chi connectivity index (χ3v) is 6.99. The van der Waals surface area contributed by atoms with Crippen LogP contribution in [0.3, 0.4) is 0 Å². The Morgan fingerprint density at radius 1 is 1.46 bits per heavy atom. The lowest BCUT2D eigenvalue weighted by atomic mass is 9.74. The molecule has 4 unspecified atom stereocenters. The molecule has 24 heavy (non-hydrogen) atoms. The second-order valence-electron chi connectivity index (χ2n) is 7.00. The first-order chi connectivity index (χ1) is 11.2. The number of nitrogens with one attached hydrogen (secondary N) is 1. The van der Waals surface area contributed by atoms with Crippen LogP contribution in [0.1, 0.15) is 46.0 Å². The van der Waals surface area contributed by atoms with Crippen molar-refractivity contribution in [2.75, 3.05) is 12.3 Å². The van der Waals surface area contributed by atoms with E-state index in [2.05, 4.69) is 43.5 Å². The molecule has 0 saturated carbocycles. The maximum absolute atomic E-state index is 12.8. The summed E-state index contributed by atoms with van der Waals surface area (Å²) in [6.45, 7) is 5.21. The molecule has 1 spiro atoms. The number of carbonyl (C=O) groups is 1. The van der Waals surface area contributed by atoms with Gasteiger partial charge in [0.2, 0.25) is 5.91 Å². The van der Waals surface area contributed by atoms with Crippen molar-refractivity contribution >= 4 is 35.8 Å². The van der Waals surface area contributed by atoms with E-state index in [1.54, 1.807) is 0 Å². The molecule has 1 fully saturated rings. The highest BCUT2D eigenvalue weighted by Gasteiger charge is 2.54. The topological polar surface area (TPSA) is 41.5 Å². The number of allylic oxidation sites excluding steroid dienone is 3. The molecular weight excluding hydrogens is 340 g/mol. The van der Waals surface area contributed by atoms with Gasteiger partial charge in [-0.3, -0.25) is 9.79 Å². The molecule has 0 bridgehead atoms. The van der Waals surface area contributed by atoms with Gasteiger partial charge >= 0.3 is 0 Å². The van der Waals surface area contributed by atoms with Crippen molar-refractivity contribution in [1.29, 1.82) is 0 Å². The fraction of sp³-hybridized carbons (Fsp3) is 0.684. The molecular formula is C19H29ClN2OS. The minimum atomic E-state index is -0.0412. The molecule has 0 aromatic heterocycles. The highest BCUT2D eigenvalue weighted by atomic mass is 35.5. The van der Waals surface area contributed by atoms with E-state index < -0.39 is 0 Å². The van der Waals surface area contributed by atoms with E-state index in [4.69, 9.17) is 4.99 Å². The van der Waals surface area contributed by atoms with Crippen LogP contribution in [0.25, 0.3) is 0 Å². The summed E-state index contributed by atoms with van der Waals surface area (Å²) in [5.41, 5.74) is 1.17. The number of hydrogen-bond donors (Lipinski definition) is 1. The number of amides is 1. The Morgan fingerprint density at radius 2 is 2.29 bits per heavy atom. The molecule has 0 aromatic rings. The number of thioether (sulfide) groups is 1. The molecule has 134 valence electrons. The van der Waals surface area contributed by atoms with Gasteiger partial charge in [-0.15, -0.1) is 24.2 Å². The first-order valence-corrected chi connectivity index (χ1v) is 10.0. The van der Waals surface area contributed by atoms with Gasteiger partial charge in [0, 0.05) is 18.3 Å². The lowest BCUT2D eigenvalue weighted by Gasteiger charge is -2.38. The zero-order valence-corrected chi connectivity index (χ0v) is 16.3. The second kappa shape index (κ2) is 8.57. The van der Waals surface area contributed by atoms with Gasteiger partial charge < -0.3 is 5.32 Å². The summed E-state index contributed by atoms with van der Waals surface area (Å²) in [6, 6.07) is 0.286. The van der Waals surface area contributed by atoms with Crippen molar-refractivity contribution < 1.29 is 4.79 Å². The van der Waals surface area contributed by atoms with Crippen LogP contribution < -0.4 is 5.32 Å². The minimum Gasteiger partial charge on any atom is -0.353 e. The number of unbranched alkanes of at least 4 members (excludes halogenated alkanes) is 2. The Labute approximate surface area is 156 Å². The lowest BCUT2D eigenvalue weighted by Crippen LogP contribution is -2.47. The Hall–Kier alpha value is -0.740. The SMILES string of the molecule is CCCCCC(C)NC(=O)C1CSC23C=CC=CC2=NCCC13.Cl.